The highest BCUT2D eigenvalue weighted by molar-refractivity contribution is 5.79. The molecular weight excluding hydrogens is 218 g/mol. The Kier molecular flexibility index (Phi) is 3.90. The Hall–Kier alpha value is -1.65. The smallest absolute Gasteiger partial charge is 0.191 e. The van der Waals surface area contributed by atoms with E-state index in [2.05, 4.69) is 4.98 Å². The fraction of sp³-hybridized carbons (Fsp3) is 0.308. The zero-order valence-electron chi connectivity index (χ0n) is 9.92. The summed E-state index contributed by atoms with van der Waals surface area (Å²) in [7, 11) is 3.16. The Bertz CT molecular complexity index is 483. The lowest BCUT2D eigenvalue weighted by atomic mass is 10.2. The fourth-order valence-corrected chi connectivity index (χ4v) is 1.53. The van der Waals surface area contributed by atoms with Gasteiger partial charge in [0.1, 0.15) is 12.4 Å². The molecule has 1 aromatic heterocycles. The van der Waals surface area contributed by atoms with E-state index in [0.29, 0.717) is 12.4 Å². The Morgan fingerprint density at radius 3 is 2.71 bits per heavy atom. The van der Waals surface area contributed by atoms with E-state index in [1.54, 1.807) is 20.4 Å². The van der Waals surface area contributed by atoms with E-state index < -0.39 is 0 Å². The molecule has 0 amide bonds. The van der Waals surface area contributed by atoms with Gasteiger partial charge in [0.05, 0.1) is 11.7 Å². The summed E-state index contributed by atoms with van der Waals surface area (Å²) < 4.78 is 15.6. The van der Waals surface area contributed by atoms with Crippen molar-refractivity contribution in [3.05, 3.63) is 36.5 Å². The van der Waals surface area contributed by atoms with E-state index >= 15 is 0 Å². The zero-order valence-corrected chi connectivity index (χ0v) is 9.92. The average Bonchev–Trinajstić information content (AvgIpc) is 2.40. The molecular formula is C13H15NO3. The van der Waals surface area contributed by atoms with Crippen LogP contribution in [0, 0.1) is 0 Å². The van der Waals surface area contributed by atoms with E-state index in [4.69, 9.17) is 14.2 Å². The molecule has 0 spiro atoms. The number of aromatic nitrogens is 1. The van der Waals surface area contributed by atoms with Gasteiger partial charge in [-0.15, -0.1) is 0 Å². The first-order valence-electron chi connectivity index (χ1n) is 5.36. The molecule has 2 aromatic rings. The SMILES string of the molecule is COC(COc1cnc2ccccc2c1)OC. The van der Waals surface area contributed by atoms with Crippen LogP contribution in [0.1, 0.15) is 0 Å². The molecule has 0 aliphatic rings. The van der Waals surface area contributed by atoms with Crippen molar-refractivity contribution in [2.45, 2.75) is 6.29 Å². The molecule has 0 unspecified atom stereocenters. The van der Waals surface area contributed by atoms with Gasteiger partial charge in [-0.1, -0.05) is 18.2 Å². The molecule has 0 fully saturated rings. The number of benzene rings is 1. The van der Waals surface area contributed by atoms with Crippen molar-refractivity contribution in [3.63, 3.8) is 0 Å². The predicted molar refractivity (Wildman–Crippen MR) is 65.0 cm³/mol. The lowest BCUT2D eigenvalue weighted by Gasteiger charge is -2.14. The molecule has 17 heavy (non-hydrogen) atoms. The van der Waals surface area contributed by atoms with Gasteiger partial charge in [0.25, 0.3) is 0 Å². The maximum absolute atomic E-state index is 5.55. The van der Waals surface area contributed by atoms with Crippen LogP contribution in [0.4, 0.5) is 0 Å². The average molecular weight is 233 g/mol. The molecule has 0 aliphatic heterocycles. The number of rotatable bonds is 5. The van der Waals surface area contributed by atoms with E-state index in [1.807, 2.05) is 30.3 Å². The lowest BCUT2D eigenvalue weighted by Crippen LogP contribution is -2.22. The minimum atomic E-state index is -0.360. The molecule has 2 rings (SSSR count). The molecule has 0 atom stereocenters. The van der Waals surface area contributed by atoms with Crippen LogP contribution in [0.3, 0.4) is 0 Å². The Morgan fingerprint density at radius 2 is 1.94 bits per heavy atom. The highest BCUT2D eigenvalue weighted by Crippen LogP contribution is 2.18. The Labute approximate surface area is 100 Å². The highest BCUT2D eigenvalue weighted by atomic mass is 16.7. The van der Waals surface area contributed by atoms with Crippen molar-refractivity contribution in [1.29, 1.82) is 0 Å². The number of pyridine rings is 1. The summed E-state index contributed by atoms with van der Waals surface area (Å²) >= 11 is 0. The van der Waals surface area contributed by atoms with Crippen molar-refractivity contribution < 1.29 is 14.2 Å². The van der Waals surface area contributed by atoms with Crippen LogP contribution in [-0.2, 0) is 9.47 Å². The Balaban J connectivity index is 2.09. The zero-order chi connectivity index (χ0) is 12.1. The van der Waals surface area contributed by atoms with Gasteiger partial charge in [-0.05, 0) is 12.1 Å². The summed E-state index contributed by atoms with van der Waals surface area (Å²) in [5.41, 5.74) is 0.954. The standard InChI is InChI=1S/C13H15NO3/c1-15-13(16-2)9-17-11-7-10-5-3-4-6-12(10)14-8-11/h3-8,13H,9H2,1-2H3. The number of hydrogen-bond acceptors (Lipinski definition) is 4. The third-order valence-electron chi connectivity index (χ3n) is 2.48. The van der Waals surface area contributed by atoms with Crippen LogP contribution in [0.5, 0.6) is 5.75 Å². The van der Waals surface area contributed by atoms with E-state index in [-0.39, 0.29) is 6.29 Å². The van der Waals surface area contributed by atoms with Gasteiger partial charge in [-0.3, -0.25) is 4.98 Å². The number of nitrogens with zero attached hydrogens (tertiary/aromatic N) is 1. The molecule has 1 heterocycles. The van der Waals surface area contributed by atoms with Gasteiger partial charge in [0.2, 0.25) is 0 Å². The first-order valence-corrected chi connectivity index (χ1v) is 5.36. The van der Waals surface area contributed by atoms with E-state index in [9.17, 15) is 0 Å². The highest BCUT2D eigenvalue weighted by Gasteiger charge is 2.06. The molecule has 4 heteroatoms. The third-order valence-corrected chi connectivity index (χ3v) is 2.48. The number of ether oxygens (including phenoxy) is 3. The number of para-hydroxylation sites is 1. The van der Waals surface area contributed by atoms with Crippen LogP contribution in [-0.4, -0.2) is 32.1 Å². The maximum Gasteiger partial charge on any atom is 0.191 e. The topological polar surface area (TPSA) is 40.6 Å². The summed E-state index contributed by atoms with van der Waals surface area (Å²) in [6, 6.07) is 9.85. The maximum atomic E-state index is 5.55. The van der Waals surface area contributed by atoms with Gasteiger partial charge < -0.3 is 14.2 Å². The van der Waals surface area contributed by atoms with Crippen LogP contribution in [0.25, 0.3) is 10.9 Å². The quantitative estimate of drug-likeness (QED) is 0.742. The van der Waals surface area contributed by atoms with Gasteiger partial charge in [0.15, 0.2) is 6.29 Å². The lowest BCUT2D eigenvalue weighted by molar-refractivity contribution is -0.121. The summed E-state index contributed by atoms with van der Waals surface area (Å²) in [6.45, 7) is 0.340. The fourth-order valence-electron chi connectivity index (χ4n) is 1.53. The summed E-state index contributed by atoms with van der Waals surface area (Å²) in [4.78, 5) is 4.30. The molecule has 1 aromatic carbocycles. The molecule has 90 valence electrons. The van der Waals surface area contributed by atoms with Crippen molar-refractivity contribution in [3.8, 4) is 5.75 Å². The molecule has 0 bridgehead atoms. The third kappa shape index (κ3) is 2.93. The van der Waals surface area contributed by atoms with E-state index in [0.717, 1.165) is 10.9 Å². The van der Waals surface area contributed by atoms with Crippen molar-refractivity contribution >= 4 is 10.9 Å². The van der Waals surface area contributed by atoms with E-state index in [1.165, 1.54) is 0 Å². The number of fused-ring (bicyclic) bond motifs is 1. The summed E-state index contributed by atoms with van der Waals surface area (Å²) in [6.07, 6.45) is 1.34. The van der Waals surface area contributed by atoms with Crippen molar-refractivity contribution in [2.75, 3.05) is 20.8 Å². The van der Waals surface area contributed by atoms with Gasteiger partial charge >= 0.3 is 0 Å². The molecule has 0 aliphatic carbocycles. The van der Waals surface area contributed by atoms with Crippen LogP contribution < -0.4 is 4.74 Å². The molecule has 0 saturated carbocycles. The van der Waals surface area contributed by atoms with Crippen LogP contribution in [0.15, 0.2) is 36.5 Å². The monoisotopic (exact) mass is 233 g/mol. The number of methoxy groups -OCH3 is 2. The second-order valence-corrected chi connectivity index (χ2v) is 3.58. The van der Waals surface area contributed by atoms with Gasteiger partial charge in [-0.2, -0.15) is 0 Å². The summed E-state index contributed by atoms with van der Waals surface area (Å²) in [5, 5.41) is 1.05. The second-order valence-electron chi connectivity index (χ2n) is 3.58. The molecule has 0 N–H and O–H groups in total. The molecule has 4 nitrogen and oxygen atoms in total. The van der Waals surface area contributed by atoms with Crippen LogP contribution in [0.2, 0.25) is 0 Å². The summed E-state index contributed by atoms with van der Waals surface area (Å²) in [5.74, 6) is 0.711. The molecule has 0 radical (unpaired) electrons. The normalized spacial score (nSPS) is 11.0. The van der Waals surface area contributed by atoms with Crippen molar-refractivity contribution in [2.24, 2.45) is 0 Å². The largest absolute Gasteiger partial charge is 0.487 e. The Morgan fingerprint density at radius 1 is 1.18 bits per heavy atom. The predicted octanol–water partition coefficient (Wildman–Crippen LogP) is 2.23. The first kappa shape index (κ1) is 11.8. The minimum absolute atomic E-state index is 0.340. The van der Waals surface area contributed by atoms with Gasteiger partial charge in [0, 0.05) is 19.6 Å². The molecule has 0 saturated heterocycles. The van der Waals surface area contributed by atoms with Crippen LogP contribution >= 0.6 is 0 Å². The first-order chi connectivity index (χ1) is 8.33. The number of hydrogen-bond donors (Lipinski definition) is 0. The van der Waals surface area contributed by atoms with Crippen molar-refractivity contribution in [1.82, 2.24) is 4.98 Å². The second kappa shape index (κ2) is 5.61. The van der Waals surface area contributed by atoms with Gasteiger partial charge in [-0.25, -0.2) is 0 Å². The minimum Gasteiger partial charge on any atom is -0.487 e.